The molecule has 4 heteroatoms. The molecule has 108 valence electrons. The minimum atomic E-state index is 0.238. The lowest BCUT2D eigenvalue weighted by molar-refractivity contribution is -0.128. The molecule has 0 saturated carbocycles. The number of hydroxylamine groups is 2. The van der Waals surface area contributed by atoms with E-state index in [1.54, 1.807) is 7.11 Å². The van der Waals surface area contributed by atoms with Crippen LogP contribution in [-0.4, -0.2) is 36.4 Å². The summed E-state index contributed by atoms with van der Waals surface area (Å²) < 4.78 is 5.51. The molecule has 1 aromatic carbocycles. The summed E-state index contributed by atoms with van der Waals surface area (Å²) >= 11 is 0. The largest absolute Gasteiger partial charge is 0.496 e. The van der Waals surface area contributed by atoms with Gasteiger partial charge in [-0.05, 0) is 42.7 Å². The van der Waals surface area contributed by atoms with Crippen LogP contribution in [0.2, 0.25) is 0 Å². The zero-order valence-electron chi connectivity index (χ0n) is 12.3. The molecule has 1 aromatic heterocycles. The first-order valence-corrected chi connectivity index (χ1v) is 7.31. The standard InChI is InChI=1S/C17H18N2O2/c1-11-7-17(20-2)15-9-12(3-4-16(15)18-11)13-8-14-5-6-19(10-13)21-14/h3-4,7-9,14H,5-6,10H2,1-2H3/t14-/m0/s1. The van der Waals surface area contributed by atoms with Gasteiger partial charge in [0.1, 0.15) is 5.75 Å². The molecule has 2 bridgehead atoms. The monoisotopic (exact) mass is 282 g/mol. The maximum absolute atomic E-state index is 5.72. The molecule has 2 aliphatic rings. The third kappa shape index (κ3) is 2.20. The Hall–Kier alpha value is -1.91. The lowest BCUT2D eigenvalue weighted by Crippen LogP contribution is -2.25. The first kappa shape index (κ1) is 12.8. The van der Waals surface area contributed by atoms with Gasteiger partial charge in [0.05, 0.1) is 18.7 Å². The van der Waals surface area contributed by atoms with Gasteiger partial charge in [-0.3, -0.25) is 9.82 Å². The summed E-state index contributed by atoms with van der Waals surface area (Å²) in [5, 5.41) is 3.12. The number of aromatic nitrogens is 1. The average molecular weight is 282 g/mol. The van der Waals surface area contributed by atoms with Crippen LogP contribution in [0.15, 0.2) is 30.3 Å². The molecular weight excluding hydrogens is 264 g/mol. The molecule has 1 unspecified atom stereocenters. The highest BCUT2D eigenvalue weighted by atomic mass is 16.7. The molecule has 4 nitrogen and oxygen atoms in total. The fraction of sp³-hybridized carbons (Fsp3) is 0.353. The second-order valence-corrected chi connectivity index (χ2v) is 5.69. The molecule has 4 rings (SSSR count). The van der Waals surface area contributed by atoms with Crippen molar-refractivity contribution in [2.45, 2.75) is 19.4 Å². The van der Waals surface area contributed by atoms with Crippen molar-refractivity contribution in [1.82, 2.24) is 10.0 Å². The van der Waals surface area contributed by atoms with Crippen LogP contribution >= 0.6 is 0 Å². The predicted octanol–water partition coefficient (Wildman–Crippen LogP) is 2.95. The molecule has 0 N–H and O–H groups in total. The van der Waals surface area contributed by atoms with E-state index >= 15 is 0 Å². The highest BCUT2D eigenvalue weighted by Gasteiger charge is 2.28. The van der Waals surface area contributed by atoms with Crippen LogP contribution in [0.3, 0.4) is 0 Å². The Balaban J connectivity index is 1.82. The number of benzene rings is 1. The Morgan fingerprint density at radius 2 is 2.24 bits per heavy atom. The van der Waals surface area contributed by atoms with Crippen molar-refractivity contribution in [3.8, 4) is 5.75 Å². The van der Waals surface area contributed by atoms with Crippen molar-refractivity contribution in [3.63, 3.8) is 0 Å². The topological polar surface area (TPSA) is 34.6 Å². The van der Waals surface area contributed by atoms with Crippen molar-refractivity contribution >= 4 is 16.5 Å². The molecule has 0 radical (unpaired) electrons. The van der Waals surface area contributed by atoms with Crippen molar-refractivity contribution < 1.29 is 9.57 Å². The number of ether oxygens (including phenoxy) is 1. The van der Waals surface area contributed by atoms with Crippen LogP contribution < -0.4 is 4.74 Å². The van der Waals surface area contributed by atoms with Crippen molar-refractivity contribution in [1.29, 1.82) is 0 Å². The molecule has 21 heavy (non-hydrogen) atoms. The van der Waals surface area contributed by atoms with Crippen LogP contribution in [-0.2, 0) is 4.84 Å². The summed E-state index contributed by atoms with van der Waals surface area (Å²) in [5.41, 5.74) is 4.51. The predicted molar refractivity (Wildman–Crippen MR) is 82.1 cm³/mol. The highest BCUT2D eigenvalue weighted by molar-refractivity contribution is 5.89. The van der Waals surface area contributed by atoms with E-state index in [1.807, 2.05) is 13.0 Å². The van der Waals surface area contributed by atoms with Gasteiger partial charge in [-0.1, -0.05) is 6.07 Å². The van der Waals surface area contributed by atoms with E-state index in [1.165, 1.54) is 11.1 Å². The normalized spacial score (nSPS) is 24.2. The zero-order chi connectivity index (χ0) is 14.4. The summed E-state index contributed by atoms with van der Waals surface area (Å²) in [6, 6.07) is 8.38. The zero-order valence-corrected chi connectivity index (χ0v) is 12.3. The van der Waals surface area contributed by atoms with E-state index in [9.17, 15) is 0 Å². The van der Waals surface area contributed by atoms with E-state index in [0.717, 1.165) is 41.9 Å². The summed E-state index contributed by atoms with van der Waals surface area (Å²) in [5.74, 6) is 0.885. The maximum atomic E-state index is 5.72. The van der Waals surface area contributed by atoms with Crippen LogP contribution in [0.4, 0.5) is 0 Å². The molecule has 3 heterocycles. The third-order valence-corrected chi connectivity index (χ3v) is 4.17. The Bertz CT molecular complexity index is 739. The molecular formula is C17H18N2O2. The minimum absolute atomic E-state index is 0.238. The van der Waals surface area contributed by atoms with E-state index < -0.39 is 0 Å². The number of aryl methyl sites for hydroxylation is 1. The number of hydrogen-bond donors (Lipinski definition) is 0. The molecule has 2 atom stereocenters. The molecule has 0 amide bonds. The van der Waals surface area contributed by atoms with E-state index in [-0.39, 0.29) is 6.10 Å². The van der Waals surface area contributed by atoms with Crippen LogP contribution in [0.1, 0.15) is 17.7 Å². The number of hydrogen-bond acceptors (Lipinski definition) is 4. The Labute approximate surface area is 123 Å². The Kier molecular flexibility index (Phi) is 2.94. The van der Waals surface area contributed by atoms with Crippen LogP contribution in [0.5, 0.6) is 5.75 Å². The fourth-order valence-corrected chi connectivity index (χ4v) is 3.14. The lowest BCUT2D eigenvalue weighted by Gasteiger charge is -2.23. The molecule has 0 aliphatic carbocycles. The van der Waals surface area contributed by atoms with E-state index in [2.05, 4.69) is 34.3 Å². The van der Waals surface area contributed by atoms with Crippen molar-refractivity contribution in [2.75, 3.05) is 20.2 Å². The van der Waals surface area contributed by atoms with Gasteiger partial charge < -0.3 is 4.74 Å². The van der Waals surface area contributed by atoms with E-state index in [4.69, 9.17) is 9.57 Å². The van der Waals surface area contributed by atoms with Crippen LogP contribution in [0, 0.1) is 6.92 Å². The molecule has 2 aliphatic heterocycles. The summed E-state index contributed by atoms with van der Waals surface area (Å²) in [7, 11) is 1.71. The summed E-state index contributed by atoms with van der Waals surface area (Å²) in [6.07, 6.45) is 3.57. The highest BCUT2D eigenvalue weighted by Crippen LogP contribution is 2.32. The quantitative estimate of drug-likeness (QED) is 0.848. The smallest absolute Gasteiger partial charge is 0.130 e. The lowest BCUT2D eigenvalue weighted by atomic mass is 10.0. The SMILES string of the molecule is COc1cc(C)nc2ccc(C3=C[C@@H]4CCN(C3)O4)cc12. The molecule has 2 aromatic rings. The van der Waals surface area contributed by atoms with Gasteiger partial charge in [0.25, 0.3) is 0 Å². The van der Waals surface area contributed by atoms with Gasteiger partial charge in [-0.25, -0.2) is 0 Å². The van der Waals surface area contributed by atoms with E-state index in [0.29, 0.717) is 0 Å². The van der Waals surface area contributed by atoms with Crippen molar-refractivity contribution in [3.05, 3.63) is 41.6 Å². The van der Waals surface area contributed by atoms with Gasteiger partial charge in [-0.2, -0.15) is 5.06 Å². The van der Waals surface area contributed by atoms with Gasteiger partial charge in [0, 0.05) is 30.2 Å². The van der Waals surface area contributed by atoms with Gasteiger partial charge >= 0.3 is 0 Å². The number of pyridine rings is 1. The fourth-order valence-electron chi connectivity index (χ4n) is 3.14. The first-order valence-electron chi connectivity index (χ1n) is 7.31. The second kappa shape index (κ2) is 4.83. The summed E-state index contributed by atoms with van der Waals surface area (Å²) in [4.78, 5) is 10.3. The number of fused-ring (bicyclic) bond motifs is 3. The molecule has 0 spiro atoms. The second-order valence-electron chi connectivity index (χ2n) is 5.69. The first-order chi connectivity index (χ1) is 10.2. The van der Waals surface area contributed by atoms with Gasteiger partial charge in [-0.15, -0.1) is 0 Å². The average Bonchev–Trinajstić information content (AvgIpc) is 2.84. The number of rotatable bonds is 2. The van der Waals surface area contributed by atoms with Crippen LogP contribution in [0.25, 0.3) is 16.5 Å². The summed E-state index contributed by atoms with van der Waals surface area (Å²) in [6.45, 7) is 3.85. The number of nitrogens with zero attached hydrogens (tertiary/aromatic N) is 2. The van der Waals surface area contributed by atoms with Gasteiger partial charge in [0.2, 0.25) is 0 Å². The Morgan fingerprint density at radius 1 is 1.33 bits per heavy atom. The minimum Gasteiger partial charge on any atom is -0.496 e. The van der Waals surface area contributed by atoms with Crippen molar-refractivity contribution in [2.24, 2.45) is 0 Å². The third-order valence-electron chi connectivity index (χ3n) is 4.17. The Morgan fingerprint density at radius 3 is 3.05 bits per heavy atom. The molecule has 1 fully saturated rings. The maximum Gasteiger partial charge on any atom is 0.130 e. The molecule has 1 saturated heterocycles. The number of methoxy groups -OCH3 is 1. The van der Waals surface area contributed by atoms with Gasteiger partial charge in [0.15, 0.2) is 0 Å².